The monoisotopic (exact) mass is 610 g/mol. The van der Waals surface area contributed by atoms with Crippen LogP contribution in [0.5, 0.6) is 23.0 Å². The van der Waals surface area contributed by atoms with Crippen LogP contribution in [0.2, 0.25) is 0 Å². The smallest absolute Gasteiger partial charge is 0.334 e. The van der Waals surface area contributed by atoms with Crippen molar-refractivity contribution in [1.82, 2.24) is 0 Å². The number of hydrogen-bond acceptors (Lipinski definition) is 10. The molecule has 0 aliphatic carbocycles. The quantitative estimate of drug-likeness (QED) is 0.0812. The van der Waals surface area contributed by atoms with Gasteiger partial charge in [0.15, 0.2) is 11.6 Å². The van der Waals surface area contributed by atoms with Gasteiger partial charge in [-0.05, 0) is 24.3 Å². The third-order valence-electron chi connectivity index (χ3n) is 6.35. The lowest BCUT2D eigenvalue weighted by molar-refractivity contribution is -0.147. The molecule has 230 valence electrons. The summed E-state index contributed by atoms with van der Waals surface area (Å²) in [4.78, 5) is 49.4. The van der Waals surface area contributed by atoms with Crippen LogP contribution in [0.25, 0.3) is 0 Å². The number of carbonyl (C=O) groups is 4. The molecule has 0 amide bonds. The molecule has 4 rings (SSSR count). The van der Waals surface area contributed by atoms with Crippen molar-refractivity contribution in [2.45, 2.75) is 6.42 Å². The Balaban J connectivity index is 1.12. The molecule has 0 unspecified atom stereocenters. The summed E-state index contributed by atoms with van der Waals surface area (Å²) < 4.78 is 21.1. The van der Waals surface area contributed by atoms with Crippen LogP contribution in [0, 0.1) is 0 Å². The second-order valence-corrected chi connectivity index (χ2v) is 9.58. The number of aromatic hydroxyl groups is 2. The third-order valence-corrected chi connectivity index (χ3v) is 6.35. The molecule has 0 atom stereocenters. The molecule has 4 aromatic carbocycles. The predicted octanol–water partition coefficient (Wildman–Crippen LogP) is 5.05. The standard InChI is InChI=1S/C35H30O10/c1-23(35(41)45-19-17-43-27-13-15-29(31(37)22-27)34(40)25-10-6-3-7-11-25)20-32(38)44-18-16-42-26-12-14-28(30(36)21-26)33(39)24-8-4-2-5-9-24/h2-15,21-22,36-37H,1,16-20H2. The lowest BCUT2D eigenvalue weighted by atomic mass is 10.0. The number of phenolic OH excluding ortho intramolecular Hbond substituents is 2. The van der Waals surface area contributed by atoms with Crippen LogP contribution in [-0.2, 0) is 19.1 Å². The van der Waals surface area contributed by atoms with E-state index < -0.39 is 18.4 Å². The van der Waals surface area contributed by atoms with Crippen LogP contribution in [-0.4, -0.2) is 60.1 Å². The van der Waals surface area contributed by atoms with Gasteiger partial charge < -0.3 is 29.2 Å². The van der Waals surface area contributed by atoms with E-state index in [0.717, 1.165) is 0 Å². The van der Waals surface area contributed by atoms with Crippen LogP contribution < -0.4 is 9.47 Å². The molecule has 4 aromatic rings. The summed E-state index contributed by atoms with van der Waals surface area (Å²) in [6.07, 6.45) is -0.401. The van der Waals surface area contributed by atoms with Gasteiger partial charge in [-0.15, -0.1) is 0 Å². The highest BCUT2D eigenvalue weighted by Gasteiger charge is 2.17. The van der Waals surface area contributed by atoms with E-state index in [1.807, 2.05) is 0 Å². The van der Waals surface area contributed by atoms with E-state index >= 15 is 0 Å². The van der Waals surface area contributed by atoms with Gasteiger partial charge in [0.25, 0.3) is 0 Å². The Bertz CT molecular complexity index is 1680. The molecule has 0 aromatic heterocycles. The number of phenols is 2. The zero-order chi connectivity index (χ0) is 32.2. The molecule has 45 heavy (non-hydrogen) atoms. The van der Waals surface area contributed by atoms with Crippen molar-refractivity contribution in [2.75, 3.05) is 26.4 Å². The number of rotatable bonds is 15. The molecule has 0 bridgehead atoms. The Morgan fingerprint density at radius 1 is 0.578 bits per heavy atom. The topological polar surface area (TPSA) is 146 Å². The Kier molecular flexibility index (Phi) is 11.1. The average Bonchev–Trinajstić information content (AvgIpc) is 3.05. The number of ketones is 2. The van der Waals surface area contributed by atoms with Gasteiger partial charge in [0.05, 0.1) is 17.5 Å². The van der Waals surface area contributed by atoms with Crippen molar-refractivity contribution in [3.63, 3.8) is 0 Å². The maximum atomic E-state index is 12.5. The van der Waals surface area contributed by atoms with Gasteiger partial charge in [-0.2, -0.15) is 0 Å². The minimum absolute atomic E-state index is 0.0393. The van der Waals surface area contributed by atoms with Crippen LogP contribution >= 0.6 is 0 Å². The fourth-order valence-electron chi connectivity index (χ4n) is 4.08. The van der Waals surface area contributed by atoms with Crippen molar-refractivity contribution >= 4 is 23.5 Å². The van der Waals surface area contributed by atoms with E-state index in [2.05, 4.69) is 6.58 Å². The summed E-state index contributed by atoms with van der Waals surface area (Å²) >= 11 is 0. The summed E-state index contributed by atoms with van der Waals surface area (Å²) in [6, 6.07) is 25.6. The van der Waals surface area contributed by atoms with Gasteiger partial charge in [0.2, 0.25) is 0 Å². The highest BCUT2D eigenvalue weighted by molar-refractivity contribution is 6.11. The second kappa shape index (κ2) is 15.5. The van der Waals surface area contributed by atoms with E-state index in [0.29, 0.717) is 11.1 Å². The molecular formula is C35H30O10. The molecule has 0 heterocycles. The van der Waals surface area contributed by atoms with Crippen LogP contribution in [0.1, 0.15) is 38.3 Å². The summed E-state index contributed by atoms with van der Waals surface area (Å²) in [5.74, 6) is -2.14. The van der Waals surface area contributed by atoms with Crippen molar-refractivity contribution < 1.29 is 48.3 Å². The van der Waals surface area contributed by atoms with E-state index in [1.165, 1.54) is 36.4 Å². The number of carbonyl (C=O) groups excluding carboxylic acids is 4. The van der Waals surface area contributed by atoms with Crippen molar-refractivity contribution in [2.24, 2.45) is 0 Å². The first-order valence-electron chi connectivity index (χ1n) is 13.8. The van der Waals surface area contributed by atoms with Gasteiger partial charge in [-0.25, -0.2) is 4.79 Å². The molecular weight excluding hydrogens is 580 g/mol. The fraction of sp³-hybridized carbons (Fsp3) is 0.143. The van der Waals surface area contributed by atoms with Gasteiger partial charge >= 0.3 is 11.9 Å². The van der Waals surface area contributed by atoms with Gasteiger partial charge in [0.1, 0.15) is 49.4 Å². The van der Waals surface area contributed by atoms with E-state index in [1.54, 1.807) is 60.7 Å². The summed E-state index contributed by atoms with van der Waals surface area (Å²) in [5.41, 5.74) is 1.01. The highest BCUT2D eigenvalue weighted by atomic mass is 16.6. The molecule has 0 saturated heterocycles. The lowest BCUT2D eigenvalue weighted by Crippen LogP contribution is -2.17. The largest absolute Gasteiger partial charge is 0.507 e. The Labute approximate surface area is 259 Å². The normalized spacial score (nSPS) is 10.4. The van der Waals surface area contributed by atoms with Crippen molar-refractivity contribution in [3.05, 3.63) is 131 Å². The fourth-order valence-corrected chi connectivity index (χ4v) is 4.08. The summed E-state index contributed by atoms with van der Waals surface area (Å²) in [6.45, 7) is 3.17. The number of esters is 2. The average molecular weight is 611 g/mol. The molecule has 10 nitrogen and oxygen atoms in total. The van der Waals surface area contributed by atoms with Gasteiger partial charge in [-0.1, -0.05) is 67.2 Å². The Morgan fingerprint density at radius 3 is 1.47 bits per heavy atom. The number of hydrogen-bond donors (Lipinski definition) is 2. The maximum Gasteiger partial charge on any atom is 0.334 e. The molecule has 2 N–H and O–H groups in total. The van der Waals surface area contributed by atoms with Crippen LogP contribution in [0.3, 0.4) is 0 Å². The first-order chi connectivity index (χ1) is 21.7. The molecule has 10 heteroatoms. The zero-order valence-corrected chi connectivity index (χ0v) is 24.1. The summed E-state index contributed by atoms with van der Waals surface area (Å²) in [7, 11) is 0. The first-order valence-corrected chi connectivity index (χ1v) is 13.8. The number of ether oxygens (including phenoxy) is 4. The Morgan fingerprint density at radius 2 is 1.02 bits per heavy atom. The minimum Gasteiger partial charge on any atom is -0.507 e. The second-order valence-electron chi connectivity index (χ2n) is 9.58. The summed E-state index contributed by atoms with van der Waals surface area (Å²) in [5, 5.41) is 20.5. The first kappa shape index (κ1) is 32.0. The maximum absolute atomic E-state index is 12.5. The molecule has 0 radical (unpaired) electrons. The van der Waals surface area contributed by atoms with Crippen molar-refractivity contribution in [3.8, 4) is 23.0 Å². The molecule has 0 aliphatic heterocycles. The molecule has 0 spiro atoms. The Hall–Kier alpha value is -5.90. The van der Waals surface area contributed by atoms with Crippen LogP contribution in [0.15, 0.2) is 109 Å². The molecule has 0 fully saturated rings. The minimum atomic E-state index is -0.806. The number of benzene rings is 4. The predicted molar refractivity (Wildman–Crippen MR) is 163 cm³/mol. The lowest BCUT2D eigenvalue weighted by Gasteiger charge is -2.11. The molecule has 0 aliphatic rings. The van der Waals surface area contributed by atoms with Crippen LogP contribution in [0.4, 0.5) is 0 Å². The SMILES string of the molecule is C=C(CC(=O)OCCOc1ccc(C(=O)c2ccccc2)c(O)c1)C(=O)OCCOc1ccc(C(=O)c2ccccc2)c(O)c1. The van der Waals surface area contributed by atoms with Gasteiger partial charge in [-0.3, -0.25) is 14.4 Å². The van der Waals surface area contributed by atoms with Crippen molar-refractivity contribution in [1.29, 1.82) is 0 Å². The third kappa shape index (κ3) is 9.04. The van der Waals surface area contributed by atoms with E-state index in [-0.39, 0.29) is 77.7 Å². The zero-order valence-electron chi connectivity index (χ0n) is 24.1. The molecule has 0 saturated carbocycles. The van der Waals surface area contributed by atoms with E-state index in [9.17, 15) is 29.4 Å². The highest BCUT2D eigenvalue weighted by Crippen LogP contribution is 2.27. The van der Waals surface area contributed by atoms with Gasteiger partial charge in [0, 0.05) is 28.8 Å². The van der Waals surface area contributed by atoms with E-state index in [4.69, 9.17) is 18.9 Å².